The Morgan fingerprint density at radius 2 is 1.65 bits per heavy atom. The summed E-state index contributed by atoms with van der Waals surface area (Å²) in [6, 6.07) is 14.5. The lowest BCUT2D eigenvalue weighted by Gasteiger charge is -2.33. The minimum Gasteiger partial charge on any atom is -0.493 e. The highest BCUT2D eigenvalue weighted by Gasteiger charge is 2.31. The third kappa shape index (κ3) is 7.31. The number of nitrogens with one attached hydrogen (secondary N) is 1. The van der Waals surface area contributed by atoms with Gasteiger partial charge in [0.05, 0.1) is 7.11 Å². The monoisotopic (exact) mass is 426 g/mol. The normalized spacial score (nSPS) is 12.1. The highest BCUT2D eigenvalue weighted by molar-refractivity contribution is 5.88. The number of benzene rings is 2. The summed E-state index contributed by atoms with van der Waals surface area (Å²) >= 11 is 0. The molecule has 0 saturated carbocycles. The molecule has 0 radical (unpaired) electrons. The maximum atomic E-state index is 13.2. The van der Waals surface area contributed by atoms with Crippen LogP contribution in [-0.2, 0) is 16.1 Å². The van der Waals surface area contributed by atoms with Gasteiger partial charge in [-0.3, -0.25) is 9.59 Å². The largest absolute Gasteiger partial charge is 0.493 e. The van der Waals surface area contributed by atoms with Gasteiger partial charge in [-0.2, -0.15) is 0 Å². The van der Waals surface area contributed by atoms with Crippen molar-refractivity contribution < 1.29 is 19.1 Å². The Labute approximate surface area is 185 Å². The predicted molar refractivity (Wildman–Crippen MR) is 122 cm³/mol. The summed E-state index contributed by atoms with van der Waals surface area (Å²) in [7, 11) is 1.55. The summed E-state index contributed by atoms with van der Waals surface area (Å²) < 4.78 is 11.0. The number of hydrogen-bond donors (Lipinski definition) is 1. The van der Waals surface area contributed by atoms with Gasteiger partial charge >= 0.3 is 0 Å². The van der Waals surface area contributed by atoms with E-state index in [9.17, 15) is 9.59 Å². The van der Waals surface area contributed by atoms with E-state index in [4.69, 9.17) is 9.47 Å². The van der Waals surface area contributed by atoms with Crippen LogP contribution in [0, 0.1) is 6.92 Å². The molecule has 1 N–H and O–H groups in total. The Morgan fingerprint density at radius 3 is 2.19 bits per heavy atom. The zero-order chi connectivity index (χ0) is 23.0. The van der Waals surface area contributed by atoms with Crippen molar-refractivity contribution in [2.45, 2.75) is 59.2 Å². The Kier molecular flexibility index (Phi) is 8.48. The van der Waals surface area contributed by atoms with Gasteiger partial charge in [-0.25, -0.2) is 0 Å². The first-order valence-electron chi connectivity index (χ1n) is 10.6. The molecule has 0 aliphatic rings. The number of amides is 2. The van der Waals surface area contributed by atoms with Gasteiger partial charge < -0.3 is 19.7 Å². The van der Waals surface area contributed by atoms with Crippen LogP contribution >= 0.6 is 0 Å². The first-order valence-corrected chi connectivity index (χ1v) is 10.6. The van der Waals surface area contributed by atoms with Crippen LogP contribution in [0.5, 0.6) is 11.5 Å². The number of carbonyl (C=O) groups is 2. The number of rotatable bonds is 9. The van der Waals surface area contributed by atoms with E-state index in [1.165, 1.54) is 0 Å². The second-order valence-electron chi connectivity index (χ2n) is 8.61. The van der Waals surface area contributed by atoms with Gasteiger partial charge in [0.2, 0.25) is 5.91 Å². The van der Waals surface area contributed by atoms with Crippen LogP contribution in [0.3, 0.4) is 0 Å². The number of para-hydroxylation sites is 2. The fourth-order valence-electron chi connectivity index (χ4n) is 3.22. The number of aryl methyl sites for hydroxylation is 1. The molecule has 1 atom stereocenters. The van der Waals surface area contributed by atoms with Gasteiger partial charge in [-0.1, -0.05) is 48.9 Å². The Morgan fingerprint density at radius 1 is 1.03 bits per heavy atom. The summed E-state index contributed by atoms with van der Waals surface area (Å²) in [6.45, 7) is 9.83. The molecule has 6 heteroatoms. The fourth-order valence-corrected chi connectivity index (χ4v) is 3.22. The predicted octanol–water partition coefficient (Wildman–Crippen LogP) is 4.10. The molecule has 31 heavy (non-hydrogen) atoms. The third-order valence-corrected chi connectivity index (χ3v) is 4.78. The molecule has 0 heterocycles. The van der Waals surface area contributed by atoms with Crippen molar-refractivity contribution in [1.29, 1.82) is 0 Å². The van der Waals surface area contributed by atoms with Crippen molar-refractivity contribution in [2.75, 3.05) is 13.7 Å². The lowest BCUT2D eigenvalue weighted by atomic mass is 10.1. The van der Waals surface area contributed by atoms with E-state index in [1.54, 1.807) is 24.1 Å². The van der Waals surface area contributed by atoms with Crippen LogP contribution in [-0.4, -0.2) is 42.0 Å². The molecule has 2 rings (SSSR count). The van der Waals surface area contributed by atoms with Crippen LogP contribution in [0.25, 0.3) is 0 Å². The van der Waals surface area contributed by atoms with E-state index in [0.29, 0.717) is 24.5 Å². The number of ether oxygens (including phenoxy) is 2. The number of nitrogens with zero attached hydrogens (tertiary/aromatic N) is 1. The fraction of sp³-hybridized carbons (Fsp3) is 0.440. The molecule has 2 amide bonds. The summed E-state index contributed by atoms with van der Waals surface area (Å²) in [6.07, 6.45) is 0.494. The van der Waals surface area contributed by atoms with Crippen LogP contribution in [0.15, 0.2) is 48.5 Å². The lowest BCUT2D eigenvalue weighted by Crippen LogP contribution is -2.54. The van der Waals surface area contributed by atoms with E-state index in [2.05, 4.69) is 5.32 Å². The lowest BCUT2D eigenvalue weighted by molar-refractivity contribution is -0.143. The van der Waals surface area contributed by atoms with E-state index in [0.717, 1.165) is 11.1 Å². The van der Waals surface area contributed by atoms with Crippen LogP contribution in [0.4, 0.5) is 0 Å². The quantitative estimate of drug-likeness (QED) is 0.655. The van der Waals surface area contributed by atoms with Crippen LogP contribution in [0.2, 0.25) is 0 Å². The molecule has 0 aliphatic heterocycles. The topological polar surface area (TPSA) is 67.9 Å². The number of hydrogen-bond acceptors (Lipinski definition) is 4. The zero-order valence-electron chi connectivity index (χ0n) is 19.4. The smallest absolute Gasteiger partial charge is 0.261 e. The van der Waals surface area contributed by atoms with Crippen molar-refractivity contribution in [2.24, 2.45) is 0 Å². The average Bonchev–Trinajstić information content (AvgIpc) is 2.72. The maximum Gasteiger partial charge on any atom is 0.261 e. The minimum atomic E-state index is -0.603. The summed E-state index contributed by atoms with van der Waals surface area (Å²) in [5.41, 5.74) is 1.70. The van der Waals surface area contributed by atoms with Crippen LogP contribution in [0.1, 0.15) is 45.2 Å². The summed E-state index contributed by atoms with van der Waals surface area (Å²) in [4.78, 5) is 27.8. The van der Waals surface area contributed by atoms with Crippen molar-refractivity contribution in [3.8, 4) is 11.5 Å². The molecule has 6 nitrogen and oxygen atoms in total. The molecule has 2 aromatic carbocycles. The second-order valence-corrected chi connectivity index (χ2v) is 8.61. The van der Waals surface area contributed by atoms with Crippen molar-refractivity contribution >= 4 is 11.8 Å². The first kappa shape index (κ1) is 24.3. The molecule has 0 saturated heterocycles. The molecule has 0 fully saturated rings. The third-order valence-electron chi connectivity index (χ3n) is 4.78. The highest BCUT2D eigenvalue weighted by atomic mass is 16.5. The first-order chi connectivity index (χ1) is 14.6. The molecule has 0 bridgehead atoms. The van der Waals surface area contributed by atoms with Crippen molar-refractivity contribution in [1.82, 2.24) is 10.2 Å². The van der Waals surface area contributed by atoms with Gasteiger partial charge in [0, 0.05) is 12.1 Å². The van der Waals surface area contributed by atoms with Gasteiger partial charge in [0.1, 0.15) is 6.04 Å². The second kappa shape index (κ2) is 10.8. The summed E-state index contributed by atoms with van der Waals surface area (Å²) in [5, 5.41) is 3.00. The van der Waals surface area contributed by atoms with Gasteiger partial charge in [-0.05, 0) is 51.8 Å². The number of methoxy groups -OCH3 is 1. The van der Waals surface area contributed by atoms with Gasteiger partial charge in [-0.15, -0.1) is 0 Å². The SMILES string of the molecule is CCC(C(=O)NC(C)(C)C)N(Cc1ccc(C)cc1)C(=O)COc1ccccc1OC. The molecular formula is C25H34N2O4. The Balaban J connectivity index is 2.25. The minimum absolute atomic E-state index is 0.173. The van der Waals surface area contributed by atoms with Crippen LogP contribution < -0.4 is 14.8 Å². The average molecular weight is 427 g/mol. The highest BCUT2D eigenvalue weighted by Crippen LogP contribution is 2.26. The van der Waals surface area contributed by atoms with E-state index in [-0.39, 0.29) is 18.4 Å². The molecular weight excluding hydrogens is 392 g/mol. The van der Waals surface area contributed by atoms with Gasteiger partial charge in [0.15, 0.2) is 18.1 Å². The van der Waals surface area contributed by atoms with E-state index in [1.807, 2.05) is 71.0 Å². The summed E-state index contributed by atoms with van der Waals surface area (Å²) in [5.74, 6) is 0.605. The molecule has 0 aromatic heterocycles. The number of carbonyl (C=O) groups excluding carboxylic acids is 2. The Bertz CT molecular complexity index is 872. The molecule has 1 unspecified atom stereocenters. The van der Waals surface area contributed by atoms with E-state index < -0.39 is 11.6 Å². The molecule has 2 aromatic rings. The molecule has 168 valence electrons. The standard InChI is InChI=1S/C25H34N2O4/c1-7-20(24(29)26-25(3,4)5)27(16-19-14-12-18(2)13-15-19)23(28)17-31-22-11-9-8-10-21(22)30-6/h8-15,20H,7,16-17H2,1-6H3,(H,26,29). The Hall–Kier alpha value is -3.02. The van der Waals surface area contributed by atoms with Crippen molar-refractivity contribution in [3.05, 3.63) is 59.7 Å². The maximum absolute atomic E-state index is 13.2. The molecule has 0 aliphatic carbocycles. The van der Waals surface area contributed by atoms with E-state index >= 15 is 0 Å². The van der Waals surface area contributed by atoms with Crippen molar-refractivity contribution in [3.63, 3.8) is 0 Å². The van der Waals surface area contributed by atoms with Gasteiger partial charge in [0.25, 0.3) is 5.91 Å². The zero-order valence-corrected chi connectivity index (χ0v) is 19.4. The molecule has 0 spiro atoms.